The molecule has 112 valence electrons. The Hall–Kier alpha value is -1.57. The van der Waals surface area contributed by atoms with Gasteiger partial charge < -0.3 is 9.42 Å². The molecule has 0 aliphatic carbocycles. The summed E-state index contributed by atoms with van der Waals surface area (Å²) in [5.74, 6) is 0.511. The molecule has 1 aliphatic heterocycles. The fourth-order valence-electron chi connectivity index (χ4n) is 2.48. The predicted molar refractivity (Wildman–Crippen MR) is 72.1 cm³/mol. The fraction of sp³-hybridized carbons (Fsp3) is 0.667. The third kappa shape index (κ3) is 3.50. The number of nitrogens with zero attached hydrogens (tertiary/aromatic N) is 1. The van der Waals surface area contributed by atoms with Gasteiger partial charge in [-0.3, -0.25) is 9.59 Å². The van der Waals surface area contributed by atoms with Crippen molar-refractivity contribution in [2.75, 3.05) is 18.1 Å². The molecule has 7 nitrogen and oxygen atoms in total. The fourth-order valence-corrected chi connectivity index (χ4v) is 4.21. The topological polar surface area (TPSA) is 100 Å². The quantitative estimate of drug-likeness (QED) is 0.821. The number of carbonyl (C=O) groups is 1. The minimum absolute atomic E-state index is 0.0474. The lowest BCUT2D eigenvalue weighted by molar-refractivity contribution is -0.132. The smallest absolute Gasteiger partial charge is 0.280 e. The minimum atomic E-state index is -3.01. The number of hydrogen-bond donors (Lipinski definition) is 1. The van der Waals surface area contributed by atoms with Crippen LogP contribution in [0.2, 0.25) is 0 Å². The predicted octanol–water partition coefficient (Wildman–Crippen LogP) is -0.0639. The molecule has 2 heterocycles. The van der Waals surface area contributed by atoms with Crippen molar-refractivity contribution in [2.45, 2.75) is 32.2 Å². The number of aryl methyl sites for hydroxylation is 1. The second kappa shape index (κ2) is 5.82. The van der Waals surface area contributed by atoms with Gasteiger partial charge in [-0.15, -0.1) is 0 Å². The molecule has 20 heavy (non-hydrogen) atoms. The van der Waals surface area contributed by atoms with Gasteiger partial charge in [0.15, 0.2) is 9.84 Å². The summed E-state index contributed by atoms with van der Waals surface area (Å²) in [5, 5.41) is 2.17. The summed E-state index contributed by atoms with van der Waals surface area (Å²) in [4.78, 5) is 24.7. The summed E-state index contributed by atoms with van der Waals surface area (Å²) in [6, 6.07) is 1.08. The van der Waals surface area contributed by atoms with Crippen LogP contribution in [0.4, 0.5) is 0 Å². The average Bonchev–Trinajstić information content (AvgIpc) is 2.94. The molecular formula is C12H18N2O5S. The van der Waals surface area contributed by atoms with Crippen LogP contribution >= 0.6 is 0 Å². The van der Waals surface area contributed by atoms with E-state index in [9.17, 15) is 18.0 Å². The van der Waals surface area contributed by atoms with Gasteiger partial charge >= 0.3 is 0 Å². The number of carbonyl (C=O) groups excluding carboxylic acids is 1. The van der Waals surface area contributed by atoms with Crippen molar-refractivity contribution >= 4 is 15.7 Å². The first-order chi connectivity index (χ1) is 9.41. The van der Waals surface area contributed by atoms with E-state index in [4.69, 9.17) is 4.52 Å². The Labute approximate surface area is 116 Å². The number of hydrogen-bond acceptors (Lipinski definition) is 5. The van der Waals surface area contributed by atoms with Crippen LogP contribution in [-0.2, 0) is 21.1 Å². The molecule has 1 fully saturated rings. The SMILES string of the molecule is CCN(C(=O)CCc1cc(=O)[nH]o1)C1CCS(=O)(=O)C1. The Morgan fingerprint density at radius 2 is 2.30 bits per heavy atom. The number of rotatable bonds is 5. The van der Waals surface area contributed by atoms with Crippen LogP contribution in [0.3, 0.4) is 0 Å². The Kier molecular flexibility index (Phi) is 4.32. The zero-order chi connectivity index (χ0) is 14.8. The summed E-state index contributed by atoms with van der Waals surface area (Å²) >= 11 is 0. The highest BCUT2D eigenvalue weighted by atomic mass is 32.2. The molecule has 0 aromatic carbocycles. The first kappa shape index (κ1) is 14.8. The van der Waals surface area contributed by atoms with Gasteiger partial charge in [0.05, 0.1) is 11.5 Å². The van der Waals surface area contributed by atoms with Crippen molar-refractivity contribution in [1.82, 2.24) is 10.1 Å². The molecule has 0 spiro atoms. The second-order valence-electron chi connectivity index (χ2n) is 4.92. The molecule has 1 saturated heterocycles. The van der Waals surface area contributed by atoms with Crippen LogP contribution in [0.5, 0.6) is 0 Å². The molecule has 0 bridgehead atoms. The normalized spacial score (nSPS) is 20.9. The van der Waals surface area contributed by atoms with Gasteiger partial charge in [0.25, 0.3) is 5.56 Å². The maximum atomic E-state index is 12.2. The van der Waals surface area contributed by atoms with E-state index >= 15 is 0 Å². The highest BCUT2D eigenvalue weighted by molar-refractivity contribution is 7.91. The molecule has 8 heteroatoms. The zero-order valence-corrected chi connectivity index (χ0v) is 12.1. The molecular weight excluding hydrogens is 284 g/mol. The monoisotopic (exact) mass is 302 g/mol. The van der Waals surface area contributed by atoms with E-state index in [0.717, 1.165) is 0 Å². The first-order valence-corrected chi connectivity index (χ1v) is 8.40. The van der Waals surface area contributed by atoms with E-state index in [-0.39, 0.29) is 35.4 Å². The lowest BCUT2D eigenvalue weighted by atomic mass is 10.1. The van der Waals surface area contributed by atoms with Gasteiger partial charge in [-0.2, -0.15) is 5.16 Å². The Bertz CT molecular complexity index is 630. The number of amides is 1. The third-order valence-corrected chi connectivity index (χ3v) is 5.22. The van der Waals surface area contributed by atoms with E-state index in [1.165, 1.54) is 6.07 Å². The van der Waals surface area contributed by atoms with E-state index in [1.54, 1.807) is 4.90 Å². The van der Waals surface area contributed by atoms with E-state index < -0.39 is 9.84 Å². The number of H-pyrrole nitrogens is 1. The molecule has 1 aromatic heterocycles. The van der Waals surface area contributed by atoms with Crippen LogP contribution in [0.15, 0.2) is 15.4 Å². The molecule has 0 saturated carbocycles. The van der Waals surface area contributed by atoms with E-state index in [0.29, 0.717) is 25.1 Å². The molecule has 0 radical (unpaired) electrons. The lowest BCUT2D eigenvalue weighted by Crippen LogP contribution is -2.41. The summed E-state index contributed by atoms with van der Waals surface area (Å²) < 4.78 is 27.8. The van der Waals surface area contributed by atoms with Crippen LogP contribution in [0, 0.1) is 0 Å². The number of sulfone groups is 1. The Balaban J connectivity index is 1.94. The maximum Gasteiger partial charge on any atom is 0.280 e. The van der Waals surface area contributed by atoms with Gasteiger partial charge in [-0.05, 0) is 13.3 Å². The van der Waals surface area contributed by atoms with E-state index in [1.807, 2.05) is 6.92 Å². The van der Waals surface area contributed by atoms with Crippen LogP contribution in [0.25, 0.3) is 0 Å². The van der Waals surface area contributed by atoms with Gasteiger partial charge in [0.2, 0.25) is 5.91 Å². The van der Waals surface area contributed by atoms with Gasteiger partial charge in [-0.25, -0.2) is 8.42 Å². The van der Waals surface area contributed by atoms with Crippen LogP contribution in [0.1, 0.15) is 25.5 Å². The van der Waals surface area contributed by atoms with Crippen LogP contribution < -0.4 is 5.56 Å². The molecule has 1 unspecified atom stereocenters. The highest BCUT2D eigenvalue weighted by Crippen LogP contribution is 2.18. The van der Waals surface area contributed by atoms with Crippen molar-refractivity contribution in [1.29, 1.82) is 0 Å². The van der Waals surface area contributed by atoms with Gasteiger partial charge in [0, 0.05) is 31.5 Å². The first-order valence-electron chi connectivity index (χ1n) is 6.58. The zero-order valence-electron chi connectivity index (χ0n) is 11.3. The van der Waals surface area contributed by atoms with Crippen molar-refractivity contribution in [3.63, 3.8) is 0 Å². The maximum absolute atomic E-state index is 12.2. The molecule has 1 amide bonds. The summed E-state index contributed by atoms with van der Waals surface area (Å²) in [6.07, 6.45) is 1.03. The van der Waals surface area contributed by atoms with Crippen molar-refractivity contribution in [2.24, 2.45) is 0 Å². The number of nitrogens with one attached hydrogen (secondary N) is 1. The molecule has 1 N–H and O–H groups in total. The number of aromatic amines is 1. The van der Waals surface area contributed by atoms with Crippen molar-refractivity contribution in [3.8, 4) is 0 Å². The van der Waals surface area contributed by atoms with Crippen molar-refractivity contribution in [3.05, 3.63) is 22.2 Å². The highest BCUT2D eigenvalue weighted by Gasteiger charge is 2.33. The number of aromatic nitrogens is 1. The summed E-state index contributed by atoms with van der Waals surface area (Å²) in [5.41, 5.74) is -0.332. The standard InChI is InChI=1S/C12H18N2O5S/c1-2-14(9-5-6-20(17,18)8-9)12(16)4-3-10-7-11(15)13-19-10/h7,9H,2-6,8H2,1H3,(H,13,15). The Morgan fingerprint density at radius 3 is 2.80 bits per heavy atom. The second-order valence-corrected chi connectivity index (χ2v) is 7.14. The third-order valence-electron chi connectivity index (χ3n) is 3.47. The van der Waals surface area contributed by atoms with Gasteiger partial charge in [-0.1, -0.05) is 0 Å². The molecule has 1 aliphatic rings. The molecule has 1 atom stereocenters. The van der Waals surface area contributed by atoms with Crippen LogP contribution in [-0.4, -0.2) is 48.5 Å². The summed E-state index contributed by atoms with van der Waals surface area (Å²) in [6.45, 7) is 2.31. The van der Waals surface area contributed by atoms with Crippen molar-refractivity contribution < 1.29 is 17.7 Å². The summed E-state index contributed by atoms with van der Waals surface area (Å²) in [7, 11) is -3.01. The lowest BCUT2D eigenvalue weighted by Gasteiger charge is -2.26. The average molecular weight is 302 g/mol. The van der Waals surface area contributed by atoms with Gasteiger partial charge in [0.1, 0.15) is 5.76 Å². The Morgan fingerprint density at radius 1 is 1.55 bits per heavy atom. The largest absolute Gasteiger partial charge is 0.384 e. The minimum Gasteiger partial charge on any atom is -0.384 e. The van der Waals surface area contributed by atoms with E-state index in [2.05, 4.69) is 5.16 Å². The molecule has 2 rings (SSSR count). The molecule has 1 aromatic rings.